The number of hydrogen-bond donors (Lipinski definition) is 1. The van der Waals surface area contributed by atoms with Crippen LogP contribution in [0.5, 0.6) is 0 Å². The van der Waals surface area contributed by atoms with E-state index in [1.807, 2.05) is 55.5 Å². The zero-order valence-corrected chi connectivity index (χ0v) is 19.4. The van der Waals surface area contributed by atoms with Gasteiger partial charge in [0.2, 0.25) is 0 Å². The van der Waals surface area contributed by atoms with Crippen LogP contribution in [0.25, 0.3) is 10.6 Å². The molecule has 0 radical (unpaired) electrons. The maximum atomic E-state index is 11.8. The molecule has 1 saturated heterocycles. The Bertz CT molecular complexity index is 1160. The first kappa shape index (κ1) is 21.7. The number of hydrazine groups is 1. The number of anilines is 3. The summed E-state index contributed by atoms with van der Waals surface area (Å²) in [6.07, 6.45) is 6.21. The number of pyridine rings is 2. The van der Waals surface area contributed by atoms with Crippen LogP contribution in [0.3, 0.4) is 0 Å². The maximum Gasteiger partial charge on any atom is 0.200 e. The first-order valence-electron chi connectivity index (χ1n) is 10.1. The van der Waals surface area contributed by atoms with Crippen molar-refractivity contribution in [2.45, 2.75) is 25.0 Å². The molecule has 0 aromatic carbocycles. The molecule has 3 aromatic heterocycles. The third-order valence-electron chi connectivity index (χ3n) is 5.39. The van der Waals surface area contributed by atoms with Crippen molar-refractivity contribution in [1.29, 1.82) is 0 Å². The zero-order chi connectivity index (χ0) is 22.0. The Morgan fingerprint density at radius 1 is 1.16 bits per heavy atom. The second-order valence-electron chi connectivity index (χ2n) is 7.76. The molecule has 3 aromatic rings. The molecule has 4 heterocycles. The van der Waals surface area contributed by atoms with E-state index in [1.54, 1.807) is 17.5 Å². The molecule has 164 valence electrons. The monoisotopic (exact) mass is 458 g/mol. The molecular weight excluding hydrogens is 432 g/mol. The molecule has 0 spiro atoms. The van der Waals surface area contributed by atoms with Crippen molar-refractivity contribution in [1.82, 2.24) is 20.0 Å². The van der Waals surface area contributed by atoms with Gasteiger partial charge >= 0.3 is 0 Å². The fraction of sp³-hybridized carbons (Fsp3) is 0.381. The Morgan fingerprint density at radius 3 is 2.65 bits per heavy atom. The standard InChI is InChI=1S/C21H26N6O2S2/c1-15-7-10-22-20(13-15)25-19-6-4-5-17(24-19)18-14-23-21(30-18)26(2)27-11-8-16(9-12-27)31(3,28)29/h4-7,10,13-14,16H,8-9,11-12H2,1-3H3,(H,22,24,25). The van der Waals surface area contributed by atoms with Gasteiger partial charge in [0.1, 0.15) is 21.5 Å². The van der Waals surface area contributed by atoms with Crippen LogP contribution < -0.4 is 10.3 Å². The second kappa shape index (κ2) is 8.89. The maximum absolute atomic E-state index is 11.8. The van der Waals surface area contributed by atoms with Crippen molar-refractivity contribution in [2.24, 2.45) is 0 Å². The molecule has 0 aliphatic carbocycles. The minimum atomic E-state index is -2.98. The van der Waals surface area contributed by atoms with E-state index in [0.717, 1.165) is 32.9 Å². The predicted molar refractivity (Wildman–Crippen MR) is 125 cm³/mol. The van der Waals surface area contributed by atoms with Crippen molar-refractivity contribution in [3.05, 3.63) is 48.3 Å². The molecular formula is C21H26N6O2S2. The lowest BCUT2D eigenvalue weighted by molar-refractivity contribution is 0.221. The lowest BCUT2D eigenvalue weighted by atomic mass is 10.1. The molecule has 1 aliphatic heterocycles. The van der Waals surface area contributed by atoms with Gasteiger partial charge in [-0.15, -0.1) is 0 Å². The number of thiazole rings is 1. The summed E-state index contributed by atoms with van der Waals surface area (Å²) in [5.74, 6) is 1.48. The molecule has 0 amide bonds. The highest BCUT2D eigenvalue weighted by Gasteiger charge is 2.29. The van der Waals surface area contributed by atoms with Crippen molar-refractivity contribution in [3.63, 3.8) is 0 Å². The number of nitrogens with one attached hydrogen (secondary N) is 1. The van der Waals surface area contributed by atoms with Gasteiger partial charge in [-0.25, -0.2) is 28.4 Å². The molecule has 8 nitrogen and oxygen atoms in total. The average molecular weight is 459 g/mol. The molecule has 31 heavy (non-hydrogen) atoms. The van der Waals surface area contributed by atoms with Crippen LogP contribution in [0.1, 0.15) is 18.4 Å². The molecule has 1 N–H and O–H groups in total. The Labute approximate surface area is 186 Å². The Balaban J connectivity index is 1.45. The van der Waals surface area contributed by atoms with Crippen LogP contribution in [-0.2, 0) is 9.84 Å². The van der Waals surface area contributed by atoms with Crippen molar-refractivity contribution >= 4 is 37.9 Å². The summed E-state index contributed by atoms with van der Waals surface area (Å²) >= 11 is 1.56. The van der Waals surface area contributed by atoms with Crippen LogP contribution in [0.4, 0.5) is 16.8 Å². The van der Waals surface area contributed by atoms with E-state index >= 15 is 0 Å². The van der Waals surface area contributed by atoms with Crippen molar-refractivity contribution in [3.8, 4) is 10.6 Å². The third kappa shape index (κ3) is 5.20. The molecule has 1 fully saturated rings. The summed E-state index contributed by atoms with van der Waals surface area (Å²) < 4.78 is 23.6. The fourth-order valence-electron chi connectivity index (χ4n) is 3.60. The van der Waals surface area contributed by atoms with Gasteiger partial charge in [0.05, 0.1) is 15.8 Å². The van der Waals surface area contributed by atoms with Crippen LogP contribution in [0.15, 0.2) is 42.7 Å². The summed E-state index contributed by atoms with van der Waals surface area (Å²) in [6.45, 7) is 3.42. The number of hydrogen-bond acceptors (Lipinski definition) is 9. The molecule has 0 atom stereocenters. The van der Waals surface area contributed by atoms with E-state index in [9.17, 15) is 8.42 Å². The first-order valence-corrected chi connectivity index (χ1v) is 12.9. The van der Waals surface area contributed by atoms with Crippen LogP contribution in [-0.4, -0.2) is 60.0 Å². The van der Waals surface area contributed by atoms with Gasteiger partial charge in [-0.3, -0.25) is 5.01 Å². The SMILES string of the molecule is Cc1ccnc(Nc2cccc(-c3cnc(N(C)N4CCC(S(C)(=O)=O)CC4)s3)n2)c1. The Kier molecular flexibility index (Phi) is 6.22. The summed E-state index contributed by atoms with van der Waals surface area (Å²) in [4.78, 5) is 14.6. The molecule has 0 unspecified atom stereocenters. The molecule has 10 heteroatoms. The van der Waals surface area contributed by atoms with E-state index in [4.69, 9.17) is 4.98 Å². The van der Waals surface area contributed by atoms with E-state index < -0.39 is 9.84 Å². The van der Waals surface area contributed by atoms with Crippen LogP contribution in [0.2, 0.25) is 0 Å². The van der Waals surface area contributed by atoms with Gasteiger partial charge in [-0.2, -0.15) is 0 Å². The van der Waals surface area contributed by atoms with Gasteiger partial charge < -0.3 is 5.32 Å². The highest BCUT2D eigenvalue weighted by molar-refractivity contribution is 7.91. The summed E-state index contributed by atoms with van der Waals surface area (Å²) in [5, 5.41) is 8.03. The van der Waals surface area contributed by atoms with Gasteiger partial charge in [-0.1, -0.05) is 17.4 Å². The second-order valence-corrected chi connectivity index (χ2v) is 11.1. The number of piperidine rings is 1. The fourth-order valence-corrected chi connectivity index (χ4v) is 5.54. The minimum Gasteiger partial charge on any atom is -0.325 e. The van der Waals surface area contributed by atoms with Crippen molar-refractivity contribution < 1.29 is 8.42 Å². The topological polar surface area (TPSA) is 91.3 Å². The molecule has 4 rings (SSSR count). The number of rotatable bonds is 6. The Morgan fingerprint density at radius 2 is 1.94 bits per heavy atom. The van der Waals surface area contributed by atoms with Gasteiger partial charge in [0.25, 0.3) is 0 Å². The smallest absolute Gasteiger partial charge is 0.200 e. The van der Waals surface area contributed by atoms with Crippen molar-refractivity contribution in [2.75, 3.05) is 36.7 Å². The highest BCUT2D eigenvalue weighted by atomic mass is 32.2. The largest absolute Gasteiger partial charge is 0.325 e. The summed E-state index contributed by atoms with van der Waals surface area (Å²) in [6, 6.07) is 9.76. The molecule has 0 bridgehead atoms. The van der Waals surface area contributed by atoms with Gasteiger partial charge in [0.15, 0.2) is 5.13 Å². The lowest BCUT2D eigenvalue weighted by Gasteiger charge is -2.36. The Hall–Kier alpha value is -2.56. The van der Waals surface area contributed by atoms with Crippen LogP contribution >= 0.6 is 11.3 Å². The quantitative estimate of drug-likeness (QED) is 0.600. The molecule has 0 saturated carbocycles. The van der Waals surface area contributed by atoms with E-state index in [-0.39, 0.29) is 5.25 Å². The normalized spacial score (nSPS) is 15.7. The van der Waals surface area contributed by atoms with E-state index in [0.29, 0.717) is 25.9 Å². The lowest BCUT2D eigenvalue weighted by Crippen LogP contribution is -2.47. The molecule has 1 aliphatic rings. The number of nitrogens with zero attached hydrogens (tertiary/aromatic N) is 5. The van der Waals surface area contributed by atoms with E-state index in [1.165, 1.54) is 6.26 Å². The van der Waals surface area contributed by atoms with E-state index in [2.05, 4.69) is 20.3 Å². The van der Waals surface area contributed by atoms with Crippen LogP contribution in [0, 0.1) is 6.92 Å². The number of aryl methyl sites for hydroxylation is 1. The summed E-state index contributed by atoms with van der Waals surface area (Å²) in [7, 11) is -1.01. The average Bonchev–Trinajstić information content (AvgIpc) is 3.23. The van der Waals surface area contributed by atoms with Gasteiger partial charge in [0, 0.05) is 38.8 Å². The number of aromatic nitrogens is 3. The van der Waals surface area contributed by atoms with Gasteiger partial charge in [-0.05, 0) is 49.6 Å². The third-order valence-corrected chi connectivity index (χ3v) is 8.16. The summed E-state index contributed by atoms with van der Waals surface area (Å²) in [5.41, 5.74) is 1.97. The minimum absolute atomic E-state index is 0.244. The predicted octanol–water partition coefficient (Wildman–Crippen LogP) is 3.51. The highest BCUT2D eigenvalue weighted by Crippen LogP contribution is 2.32. The number of sulfone groups is 1. The first-order chi connectivity index (χ1) is 14.8. The zero-order valence-electron chi connectivity index (χ0n) is 17.8.